The van der Waals surface area contributed by atoms with Crippen LogP contribution in [0.15, 0.2) is 24.3 Å². The minimum Gasteiger partial charge on any atom is -0.491 e. The maximum absolute atomic E-state index is 11.7. The summed E-state index contributed by atoms with van der Waals surface area (Å²) < 4.78 is 5.53. The van der Waals surface area contributed by atoms with Gasteiger partial charge in [0.05, 0.1) is 12.2 Å². The fraction of sp³-hybridized carbons (Fsp3) is 0.562. The number of carbonyl (C=O) groups is 1. The fourth-order valence-corrected chi connectivity index (χ4v) is 1.73. The van der Waals surface area contributed by atoms with Gasteiger partial charge in [-0.25, -0.2) is 4.79 Å². The Morgan fingerprint density at radius 3 is 2.33 bits per heavy atom. The monoisotopic (exact) mass is 294 g/mol. The molecule has 0 saturated carbocycles. The van der Waals surface area contributed by atoms with Gasteiger partial charge >= 0.3 is 6.03 Å². The van der Waals surface area contributed by atoms with Crippen molar-refractivity contribution in [3.8, 4) is 5.75 Å². The van der Waals surface area contributed by atoms with Crippen molar-refractivity contribution in [1.82, 2.24) is 5.32 Å². The van der Waals surface area contributed by atoms with Crippen LogP contribution in [0, 0.1) is 5.92 Å². The van der Waals surface area contributed by atoms with Gasteiger partial charge in [-0.05, 0) is 50.5 Å². The van der Waals surface area contributed by atoms with Gasteiger partial charge in [0, 0.05) is 12.2 Å². The van der Waals surface area contributed by atoms with Crippen molar-refractivity contribution < 1.29 is 14.6 Å². The van der Waals surface area contributed by atoms with E-state index >= 15 is 0 Å². The van der Waals surface area contributed by atoms with Gasteiger partial charge in [0.2, 0.25) is 0 Å². The molecule has 5 nitrogen and oxygen atoms in total. The summed E-state index contributed by atoms with van der Waals surface area (Å²) in [5, 5.41) is 15.1. The molecule has 0 fully saturated rings. The van der Waals surface area contributed by atoms with Gasteiger partial charge in [0.1, 0.15) is 5.75 Å². The van der Waals surface area contributed by atoms with Crippen molar-refractivity contribution in [2.75, 3.05) is 11.9 Å². The SMILES string of the molecule is CC(C)Oc1ccc(NC(=O)NCCC(O)C(C)C)cc1. The second kappa shape index (κ2) is 8.52. The summed E-state index contributed by atoms with van der Waals surface area (Å²) in [6.45, 7) is 8.27. The number of nitrogens with one attached hydrogen (secondary N) is 2. The maximum Gasteiger partial charge on any atom is 0.319 e. The van der Waals surface area contributed by atoms with Gasteiger partial charge < -0.3 is 20.5 Å². The molecule has 0 spiro atoms. The molecule has 0 heterocycles. The lowest BCUT2D eigenvalue weighted by Gasteiger charge is -2.15. The second-order valence-electron chi connectivity index (χ2n) is 5.67. The number of aliphatic hydroxyl groups is 1. The van der Waals surface area contributed by atoms with Crippen LogP contribution in [0.5, 0.6) is 5.75 Å². The van der Waals surface area contributed by atoms with Crippen LogP contribution in [-0.2, 0) is 0 Å². The third kappa shape index (κ3) is 6.99. The molecule has 1 aromatic rings. The summed E-state index contributed by atoms with van der Waals surface area (Å²) in [4.78, 5) is 11.7. The number of benzene rings is 1. The molecule has 0 bridgehead atoms. The highest BCUT2D eigenvalue weighted by atomic mass is 16.5. The van der Waals surface area contributed by atoms with Gasteiger partial charge in [-0.2, -0.15) is 0 Å². The lowest BCUT2D eigenvalue weighted by atomic mass is 10.0. The van der Waals surface area contributed by atoms with E-state index in [9.17, 15) is 9.90 Å². The van der Waals surface area contributed by atoms with E-state index in [0.717, 1.165) is 5.75 Å². The summed E-state index contributed by atoms with van der Waals surface area (Å²) >= 11 is 0. The molecule has 1 aromatic carbocycles. The number of urea groups is 1. The van der Waals surface area contributed by atoms with Crippen molar-refractivity contribution >= 4 is 11.7 Å². The normalized spacial score (nSPS) is 12.3. The van der Waals surface area contributed by atoms with E-state index < -0.39 is 6.10 Å². The molecule has 5 heteroatoms. The molecule has 1 atom stereocenters. The quantitative estimate of drug-likeness (QED) is 0.724. The zero-order chi connectivity index (χ0) is 15.8. The van der Waals surface area contributed by atoms with Crippen molar-refractivity contribution in [2.45, 2.75) is 46.3 Å². The van der Waals surface area contributed by atoms with Crippen LogP contribution in [0.4, 0.5) is 10.5 Å². The molecule has 118 valence electrons. The fourth-order valence-electron chi connectivity index (χ4n) is 1.73. The number of carbonyl (C=O) groups excluding carboxylic acids is 1. The van der Waals surface area contributed by atoms with E-state index in [0.29, 0.717) is 18.7 Å². The standard InChI is InChI=1S/C16H26N2O3/c1-11(2)15(19)9-10-17-16(20)18-13-5-7-14(8-6-13)21-12(3)4/h5-8,11-12,15,19H,9-10H2,1-4H3,(H2,17,18,20). The second-order valence-corrected chi connectivity index (χ2v) is 5.67. The van der Waals surface area contributed by atoms with Crippen LogP contribution in [0.1, 0.15) is 34.1 Å². The summed E-state index contributed by atoms with van der Waals surface area (Å²) in [5.74, 6) is 0.972. The van der Waals surface area contributed by atoms with Crippen LogP contribution in [0.2, 0.25) is 0 Å². The molecule has 0 aromatic heterocycles. The highest BCUT2D eigenvalue weighted by Crippen LogP contribution is 2.16. The van der Waals surface area contributed by atoms with E-state index in [4.69, 9.17) is 4.74 Å². The number of ether oxygens (including phenoxy) is 1. The van der Waals surface area contributed by atoms with Gasteiger partial charge in [-0.3, -0.25) is 0 Å². The lowest BCUT2D eigenvalue weighted by molar-refractivity contribution is 0.117. The smallest absolute Gasteiger partial charge is 0.319 e. The Balaban J connectivity index is 2.34. The lowest BCUT2D eigenvalue weighted by Crippen LogP contribution is -2.32. The average molecular weight is 294 g/mol. The summed E-state index contributed by atoms with van der Waals surface area (Å²) in [6.07, 6.45) is 0.281. The number of rotatable bonds is 7. The number of amides is 2. The van der Waals surface area contributed by atoms with E-state index in [1.807, 2.05) is 39.8 Å². The molecule has 0 saturated heterocycles. The molecule has 0 radical (unpaired) electrons. The van der Waals surface area contributed by atoms with Crippen molar-refractivity contribution in [3.05, 3.63) is 24.3 Å². The number of anilines is 1. The Morgan fingerprint density at radius 1 is 1.19 bits per heavy atom. The van der Waals surface area contributed by atoms with Crippen LogP contribution in [-0.4, -0.2) is 29.9 Å². The summed E-state index contributed by atoms with van der Waals surface area (Å²) in [5.41, 5.74) is 0.702. The van der Waals surface area contributed by atoms with E-state index in [2.05, 4.69) is 10.6 Å². The zero-order valence-corrected chi connectivity index (χ0v) is 13.2. The topological polar surface area (TPSA) is 70.6 Å². The van der Waals surface area contributed by atoms with Crippen LogP contribution >= 0.6 is 0 Å². The molecule has 2 amide bonds. The first-order valence-corrected chi connectivity index (χ1v) is 7.38. The zero-order valence-electron chi connectivity index (χ0n) is 13.2. The molecule has 0 aliphatic carbocycles. The largest absolute Gasteiger partial charge is 0.491 e. The van der Waals surface area contributed by atoms with Crippen molar-refractivity contribution in [2.24, 2.45) is 5.92 Å². The van der Waals surface area contributed by atoms with Crippen LogP contribution in [0.3, 0.4) is 0 Å². The van der Waals surface area contributed by atoms with Gasteiger partial charge in [-0.1, -0.05) is 13.8 Å². The third-order valence-electron chi connectivity index (χ3n) is 2.98. The third-order valence-corrected chi connectivity index (χ3v) is 2.98. The molecule has 1 rings (SSSR count). The molecule has 21 heavy (non-hydrogen) atoms. The maximum atomic E-state index is 11.7. The average Bonchev–Trinajstić information content (AvgIpc) is 2.40. The highest BCUT2D eigenvalue weighted by molar-refractivity contribution is 5.89. The van der Waals surface area contributed by atoms with Crippen LogP contribution < -0.4 is 15.4 Å². The number of hydrogen-bond acceptors (Lipinski definition) is 3. The number of hydrogen-bond donors (Lipinski definition) is 3. The van der Waals surface area contributed by atoms with Gasteiger partial charge in [-0.15, -0.1) is 0 Å². The first-order valence-electron chi connectivity index (χ1n) is 7.38. The van der Waals surface area contributed by atoms with E-state index in [-0.39, 0.29) is 18.1 Å². The Morgan fingerprint density at radius 2 is 1.81 bits per heavy atom. The molecular weight excluding hydrogens is 268 g/mol. The minimum absolute atomic E-state index is 0.125. The molecule has 3 N–H and O–H groups in total. The molecule has 0 aliphatic heterocycles. The highest BCUT2D eigenvalue weighted by Gasteiger charge is 2.09. The molecule has 0 aliphatic rings. The van der Waals surface area contributed by atoms with Crippen molar-refractivity contribution in [1.29, 1.82) is 0 Å². The Bertz CT molecular complexity index is 430. The molecular formula is C16H26N2O3. The summed E-state index contributed by atoms with van der Waals surface area (Å²) in [7, 11) is 0. The van der Waals surface area contributed by atoms with Crippen LogP contribution in [0.25, 0.3) is 0 Å². The Kier molecular flexibility index (Phi) is 7.02. The van der Waals surface area contributed by atoms with E-state index in [1.54, 1.807) is 12.1 Å². The van der Waals surface area contributed by atoms with E-state index in [1.165, 1.54) is 0 Å². The predicted molar refractivity (Wildman–Crippen MR) is 84.7 cm³/mol. The first-order chi connectivity index (χ1) is 9.88. The predicted octanol–water partition coefficient (Wildman–Crippen LogP) is 3.00. The number of aliphatic hydroxyl groups excluding tert-OH is 1. The Hall–Kier alpha value is -1.75. The van der Waals surface area contributed by atoms with Gasteiger partial charge in [0.15, 0.2) is 0 Å². The molecule has 1 unspecified atom stereocenters. The first kappa shape index (κ1) is 17.3. The van der Waals surface area contributed by atoms with Gasteiger partial charge in [0.25, 0.3) is 0 Å². The van der Waals surface area contributed by atoms with Crippen molar-refractivity contribution in [3.63, 3.8) is 0 Å². The summed E-state index contributed by atoms with van der Waals surface area (Å²) in [6, 6.07) is 6.94. The minimum atomic E-state index is -0.391. The Labute approximate surface area is 126 Å².